The molecule has 0 saturated carbocycles. The Morgan fingerprint density at radius 2 is 2.30 bits per heavy atom. The van der Waals surface area contributed by atoms with Crippen LogP contribution in [0.25, 0.3) is 0 Å². The first-order valence-corrected chi connectivity index (χ1v) is 10.9. The van der Waals surface area contributed by atoms with Crippen LogP contribution in [0.4, 0.5) is 14.6 Å². The summed E-state index contributed by atoms with van der Waals surface area (Å²) in [6.07, 6.45) is 1.84. The van der Waals surface area contributed by atoms with Crippen molar-refractivity contribution in [1.29, 1.82) is 0 Å². The normalized spacial score (nSPS) is 26.0. The lowest BCUT2D eigenvalue weighted by molar-refractivity contribution is -0.0466. The van der Waals surface area contributed by atoms with E-state index < -0.39 is 18.0 Å². The number of thioether (sulfide) groups is 1. The number of nitrogens with zero attached hydrogens (tertiary/aromatic N) is 4. The molecule has 2 aliphatic heterocycles. The number of aromatic nitrogens is 3. The number of halogens is 3. The van der Waals surface area contributed by atoms with Gasteiger partial charge in [0.15, 0.2) is 10.9 Å². The van der Waals surface area contributed by atoms with Crippen LogP contribution in [0.5, 0.6) is 0 Å². The number of carbonyl (C=O) groups is 1. The van der Waals surface area contributed by atoms with Crippen molar-refractivity contribution < 1.29 is 18.3 Å². The summed E-state index contributed by atoms with van der Waals surface area (Å²) in [6.45, 7) is -0.519. The third-order valence-corrected chi connectivity index (χ3v) is 7.08. The van der Waals surface area contributed by atoms with Crippen LogP contribution >= 0.6 is 34.7 Å². The summed E-state index contributed by atoms with van der Waals surface area (Å²) >= 11 is 8.69. The highest BCUT2D eigenvalue weighted by Gasteiger charge is 2.49. The van der Waals surface area contributed by atoms with Gasteiger partial charge in [0.1, 0.15) is 16.4 Å². The molecule has 2 aliphatic rings. The molecule has 0 bridgehead atoms. The van der Waals surface area contributed by atoms with E-state index >= 15 is 0 Å². The molecule has 0 unspecified atom stereocenters. The van der Waals surface area contributed by atoms with Gasteiger partial charge in [-0.2, -0.15) is 13.9 Å². The van der Waals surface area contributed by atoms with Gasteiger partial charge in [-0.25, -0.2) is 14.7 Å². The van der Waals surface area contributed by atoms with Gasteiger partial charge in [0.2, 0.25) is 0 Å². The number of carbonyl (C=O) groups excluding carboxylic acids is 1. The molecule has 1 amide bonds. The molecule has 30 heavy (non-hydrogen) atoms. The molecule has 4 rings (SSSR count). The highest BCUT2D eigenvalue weighted by molar-refractivity contribution is 8.13. The summed E-state index contributed by atoms with van der Waals surface area (Å²) in [6, 6.07) is 0. The number of hydrogen-bond donors (Lipinski definition) is 2. The number of aliphatic imine (C=N–C) groups is 1. The average Bonchev–Trinajstić information content (AvgIpc) is 3.29. The first-order chi connectivity index (χ1) is 13.8. The van der Waals surface area contributed by atoms with Gasteiger partial charge >= 0.3 is 6.55 Å². The fourth-order valence-electron chi connectivity index (χ4n) is 3.41. The maximum Gasteiger partial charge on any atom is 0.333 e. The van der Waals surface area contributed by atoms with E-state index in [9.17, 15) is 13.6 Å². The van der Waals surface area contributed by atoms with Crippen molar-refractivity contribution in [3.05, 3.63) is 27.3 Å². The highest BCUT2D eigenvalue weighted by Crippen LogP contribution is 2.47. The highest BCUT2D eigenvalue weighted by atomic mass is 35.5. The minimum absolute atomic E-state index is 0. The Hall–Kier alpha value is -1.76. The predicted molar refractivity (Wildman–Crippen MR) is 115 cm³/mol. The number of rotatable bonds is 4. The molecule has 2 aromatic heterocycles. The lowest BCUT2D eigenvalue weighted by Crippen LogP contribution is -2.49. The van der Waals surface area contributed by atoms with Gasteiger partial charge in [0.05, 0.1) is 23.9 Å². The molecular formula is C17H21ClF2N6O2S2. The van der Waals surface area contributed by atoms with E-state index in [1.54, 1.807) is 5.38 Å². The van der Waals surface area contributed by atoms with Crippen molar-refractivity contribution in [2.24, 2.45) is 16.6 Å². The van der Waals surface area contributed by atoms with Gasteiger partial charge < -0.3 is 15.8 Å². The lowest BCUT2D eigenvalue weighted by atomic mass is 9.80. The van der Waals surface area contributed by atoms with Crippen LogP contribution in [-0.2, 0) is 10.3 Å². The molecule has 0 aliphatic carbocycles. The maximum absolute atomic E-state index is 12.7. The van der Waals surface area contributed by atoms with Crippen LogP contribution in [0.3, 0.4) is 0 Å². The van der Waals surface area contributed by atoms with Gasteiger partial charge in [-0.15, -0.1) is 11.3 Å². The summed E-state index contributed by atoms with van der Waals surface area (Å²) in [5.74, 6) is 0.548. The largest absolute Gasteiger partial charge is 0.379 e. The summed E-state index contributed by atoms with van der Waals surface area (Å²) in [5.41, 5.74) is 4.99. The van der Waals surface area contributed by atoms with Crippen molar-refractivity contribution in [3.63, 3.8) is 0 Å². The first kappa shape index (κ1) is 22.9. The number of alkyl halides is 2. The zero-order valence-corrected chi connectivity index (χ0v) is 17.5. The van der Waals surface area contributed by atoms with Crippen LogP contribution in [0, 0.1) is 5.92 Å². The van der Waals surface area contributed by atoms with E-state index in [1.165, 1.54) is 23.1 Å². The van der Waals surface area contributed by atoms with E-state index in [0.717, 1.165) is 18.4 Å². The van der Waals surface area contributed by atoms with Crippen LogP contribution < -0.4 is 11.1 Å². The molecule has 4 heterocycles. The summed E-state index contributed by atoms with van der Waals surface area (Å²) in [5, 5.41) is 8.71. The van der Waals surface area contributed by atoms with Gasteiger partial charge in [-0.1, -0.05) is 30.8 Å². The van der Waals surface area contributed by atoms with Crippen LogP contribution in [-0.4, -0.2) is 44.3 Å². The van der Waals surface area contributed by atoms with E-state index in [4.69, 9.17) is 22.1 Å². The number of anilines is 1. The average molecular weight is 479 g/mol. The number of nitrogens with one attached hydrogen (secondary N) is 1. The minimum Gasteiger partial charge on any atom is -0.379 e. The number of amides is 1. The molecular weight excluding hydrogens is 458 g/mol. The Balaban J connectivity index is 0.00000256. The number of hydrogen-bond acceptors (Lipinski definition) is 8. The number of fused-ring (bicyclic) bond motifs is 1. The number of nitrogens with two attached hydrogens (primary N) is 1. The molecule has 1 saturated heterocycles. The van der Waals surface area contributed by atoms with Crippen LogP contribution in [0.1, 0.15) is 42.8 Å². The van der Waals surface area contributed by atoms with Crippen molar-refractivity contribution in [1.82, 2.24) is 14.8 Å². The third-order valence-electron chi connectivity index (χ3n) is 4.84. The van der Waals surface area contributed by atoms with Crippen molar-refractivity contribution >= 4 is 51.6 Å². The Kier molecular flexibility index (Phi) is 6.70. The Labute approximate surface area is 185 Å². The molecule has 1 fully saturated rings. The van der Waals surface area contributed by atoms with E-state index in [0.29, 0.717) is 21.5 Å². The quantitative estimate of drug-likeness (QED) is 0.688. The van der Waals surface area contributed by atoms with Crippen LogP contribution in [0.15, 0.2) is 16.6 Å². The number of amidine groups is 1. The van der Waals surface area contributed by atoms with Gasteiger partial charge in [0, 0.05) is 17.1 Å². The van der Waals surface area contributed by atoms with E-state index in [2.05, 4.69) is 20.4 Å². The second-order valence-electron chi connectivity index (χ2n) is 6.81. The monoisotopic (exact) mass is 478 g/mol. The number of ether oxygens (including phenoxy) is 1. The summed E-state index contributed by atoms with van der Waals surface area (Å²) < 4.78 is 31.7. The summed E-state index contributed by atoms with van der Waals surface area (Å²) in [4.78, 5) is 21.6. The minimum atomic E-state index is -2.89. The molecule has 0 aromatic carbocycles. The molecule has 2 aromatic rings. The first-order valence-electron chi connectivity index (χ1n) is 8.68. The zero-order chi connectivity index (χ0) is 20.8. The zero-order valence-electron chi connectivity index (χ0n) is 15.1. The number of thiazole rings is 1. The Bertz CT molecular complexity index is 968. The second-order valence-corrected chi connectivity index (χ2v) is 9.12. The maximum atomic E-state index is 12.7. The third kappa shape index (κ3) is 4.18. The van der Waals surface area contributed by atoms with Gasteiger partial charge in [-0.3, -0.25) is 4.79 Å². The lowest BCUT2D eigenvalue weighted by Gasteiger charge is -2.44. The fraction of sp³-hybridized carbons (Fsp3) is 0.529. The van der Waals surface area contributed by atoms with Crippen molar-refractivity contribution in [2.45, 2.75) is 39.0 Å². The van der Waals surface area contributed by atoms with Gasteiger partial charge in [0.25, 0.3) is 5.91 Å². The molecule has 13 heteroatoms. The topological polar surface area (TPSA) is 107 Å². The van der Waals surface area contributed by atoms with E-state index in [1.807, 2.05) is 6.92 Å². The summed E-state index contributed by atoms with van der Waals surface area (Å²) in [7, 11) is 0. The van der Waals surface area contributed by atoms with Crippen molar-refractivity contribution in [2.75, 3.05) is 17.7 Å². The standard InChI is InChI=1S/C16H17ClF2N6O2S2.CH4/c1-7-2-8-4-29-15(20)23-16(8,6-27-7)13-22-10(5-28-13)21-12(26)11-9(17)3-25(24-11)14(18)19;/h3,5,7-8,14H,2,4,6H2,1H3,(H2,20,23)(H,21,26);1H4/t7-,8-,16-;/m0./s1. The van der Waals surface area contributed by atoms with Gasteiger partial charge in [-0.05, 0) is 13.3 Å². The second kappa shape index (κ2) is 8.77. The SMILES string of the molecule is C.C[C@H]1C[C@H]2CSC(N)=N[C@@]2(c2nc(NC(=O)c3nn(C(F)F)cc3Cl)cs2)CO1. The molecule has 0 spiro atoms. The predicted octanol–water partition coefficient (Wildman–Crippen LogP) is 3.96. The smallest absolute Gasteiger partial charge is 0.333 e. The fourth-order valence-corrected chi connectivity index (χ4v) is 5.60. The molecule has 0 radical (unpaired) electrons. The Morgan fingerprint density at radius 1 is 1.53 bits per heavy atom. The molecule has 8 nitrogen and oxygen atoms in total. The molecule has 3 N–H and O–H groups in total. The van der Waals surface area contributed by atoms with Crippen LogP contribution in [0.2, 0.25) is 5.02 Å². The molecule has 164 valence electrons. The Morgan fingerprint density at radius 3 is 3.00 bits per heavy atom. The van der Waals surface area contributed by atoms with Crippen molar-refractivity contribution in [3.8, 4) is 0 Å². The molecule has 3 atom stereocenters. The van der Waals surface area contributed by atoms with E-state index in [-0.39, 0.29) is 36.0 Å².